The molecule has 1 amide bonds. The van der Waals surface area contributed by atoms with Crippen LogP contribution in [0.5, 0.6) is 5.75 Å². The molecule has 0 aliphatic carbocycles. The normalized spacial score (nSPS) is 16.0. The topological polar surface area (TPSA) is 86.4 Å². The number of likely N-dealkylation sites (tertiary alicyclic amines) is 1. The fourth-order valence-corrected chi connectivity index (χ4v) is 4.88. The minimum absolute atomic E-state index is 0.131. The van der Waals surface area contributed by atoms with E-state index in [1.807, 2.05) is 68.4 Å². The van der Waals surface area contributed by atoms with Crippen molar-refractivity contribution in [2.45, 2.75) is 38.9 Å². The second kappa shape index (κ2) is 12.1. The van der Waals surface area contributed by atoms with Crippen molar-refractivity contribution < 1.29 is 14.3 Å². The van der Waals surface area contributed by atoms with Crippen molar-refractivity contribution in [1.29, 1.82) is 0 Å². The fourth-order valence-electron chi connectivity index (χ4n) is 4.88. The molecule has 2 atom stereocenters. The molecule has 0 spiro atoms. The molecule has 9 nitrogen and oxygen atoms in total. The van der Waals surface area contributed by atoms with Gasteiger partial charge in [0.15, 0.2) is 0 Å². The van der Waals surface area contributed by atoms with Crippen molar-refractivity contribution in [2.24, 2.45) is 7.05 Å². The Morgan fingerprint density at radius 2 is 1.95 bits per heavy atom. The van der Waals surface area contributed by atoms with Gasteiger partial charge in [-0.3, -0.25) is 19.1 Å². The molecule has 2 aromatic carbocycles. The quantitative estimate of drug-likeness (QED) is 0.301. The molecule has 1 aliphatic heterocycles. The molecule has 0 bridgehead atoms. The van der Waals surface area contributed by atoms with Crippen molar-refractivity contribution >= 4 is 5.91 Å². The van der Waals surface area contributed by atoms with E-state index in [4.69, 9.17) is 14.6 Å². The molecule has 210 valence electrons. The molecule has 0 saturated carbocycles. The highest BCUT2D eigenvalue weighted by molar-refractivity contribution is 5.96. The Hall–Kier alpha value is -3.95. The zero-order chi connectivity index (χ0) is 28.2. The number of nitrogens with zero attached hydrogens (tertiary/aromatic N) is 5. The molecule has 3 heterocycles. The van der Waals surface area contributed by atoms with Gasteiger partial charge in [-0.2, -0.15) is 10.2 Å². The lowest BCUT2D eigenvalue weighted by Crippen LogP contribution is -2.48. The molecule has 0 unspecified atom stereocenters. The minimum Gasteiger partial charge on any atom is -0.492 e. The van der Waals surface area contributed by atoms with Gasteiger partial charge in [-0.25, -0.2) is 0 Å². The second-order valence-corrected chi connectivity index (χ2v) is 10.6. The Morgan fingerprint density at radius 3 is 2.65 bits per heavy atom. The van der Waals surface area contributed by atoms with E-state index >= 15 is 0 Å². The Bertz CT molecular complexity index is 1480. The number of carbonyl (C=O) groups is 1. The molecule has 1 fully saturated rings. The number of nitrogens with one attached hydrogen (secondary N) is 1. The van der Waals surface area contributed by atoms with Gasteiger partial charge < -0.3 is 14.8 Å². The standard InChI is InChI=1S/C31H38N6O3/c1-21-6-7-28(40-20-27-8-10-35(27)3)17-29(21)31(38)33-22(2)23-14-24(26-18-32-36(4)19-26)16-25(15-23)30-9-11-37(34-30)12-13-39-5/h6-7,9,11,14-19,22,27H,8,10,12-13,20H2,1-5H3,(H,33,38)/t22-,27+/m1/s1. The van der Waals surface area contributed by atoms with Crippen LogP contribution >= 0.6 is 0 Å². The van der Waals surface area contributed by atoms with Crippen LogP contribution in [-0.4, -0.2) is 70.3 Å². The van der Waals surface area contributed by atoms with Gasteiger partial charge in [-0.1, -0.05) is 6.07 Å². The predicted octanol–water partition coefficient (Wildman–Crippen LogP) is 4.48. The number of aromatic nitrogens is 4. The van der Waals surface area contributed by atoms with Crippen molar-refractivity contribution in [3.8, 4) is 28.1 Å². The first-order valence-corrected chi connectivity index (χ1v) is 13.7. The summed E-state index contributed by atoms with van der Waals surface area (Å²) in [4.78, 5) is 15.7. The number of ether oxygens (including phenoxy) is 2. The predicted molar refractivity (Wildman–Crippen MR) is 155 cm³/mol. The molecular weight excluding hydrogens is 504 g/mol. The van der Waals surface area contributed by atoms with Crippen LogP contribution in [0.25, 0.3) is 22.4 Å². The van der Waals surface area contributed by atoms with Gasteiger partial charge in [0.25, 0.3) is 5.91 Å². The van der Waals surface area contributed by atoms with Gasteiger partial charge in [0, 0.05) is 49.3 Å². The number of carbonyl (C=O) groups excluding carboxylic acids is 1. The average molecular weight is 543 g/mol. The minimum atomic E-state index is -0.244. The summed E-state index contributed by atoms with van der Waals surface area (Å²) in [5.41, 5.74) is 6.35. The summed E-state index contributed by atoms with van der Waals surface area (Å²) in [5.74, 6) is 0.585. The smallest absolute Gasteiger partial charge is 0.252 e. The van der Waals surface area contributed by atoms with Crippen LogP contribution in [0.2, 0.25) is 0 Å². The number of hydrogen-bond acceptors (Lipinski definition) is 6. The van der Waals surface area contributed by atoms with Crippen LogP contribution in [0.15, 0.2) is 61.1 Å². The molecule has 2 aromatic heterocycles. The van der Waals surface area contributed by atoms with Crippen LogP contribution < -0.4 is 10.1 Å². The number of aryl methyl sites for hydroxylation is 2. The average Bonchev–Trinajstić information content (AvgIpc) is 3.61. The van der Waals surface area contributed by atoms with Crippen LogP contribution in [0.4, 0.5) is 0 Å². The van der Waals surface area contributed by atoms with Gasteiger partial charge in [0.1, 0.15) is 12.4 Å². The first kappa shape index (κ1) is 27.6. The Kier molecular flexibility index (Phi) is 8.32. The van der Waals surface area contributed by atoms with Gasteiger partial charge in [-0.15, -0.1) is 0 Å². The zero-order valence-corrected chi connectivity index (χ0v) is 23.9. The number of amides is 1. The summed E-state index contributed by atoms with van der Waals surface area (Å²) < 4.78 is 14.9. The van der Waals surface area contributed by atoms with E-state index in [1.54, 1.807) is 11.8 Å². The van der Waals surface area contributed by atoms with Crippen LogP contribution in [0.3, 0.4) is 0 Å². The van der Waals surface area contributed by atoms with Gasteiger partial charge >= 0.3 is 0 Å². The lowest BCUT2D eigenvalue weighted by molar-refractivity contribution is 0.0767. The molecule has 1 saturated heterocycles. The molecule has 4 aromatic rings. The Balaban J connectivity index is 1.38. The third-order valence-corrected chi connectivity index (χ3v) is 7.64. The van der Waals surface area contributed by atoms with E-state index in [-0.39, 0.29) is 11.9 Å². The maximum Gasteiger partial charge on any atom is 0.252 e. The zero-order valence-electron chi connectivity index (χ0n) is 23.9. The molecular formula is C31H38N6O3. The largest absolute Gasteiger partial charge is 0.492 e. The number of benzene rings is 2. The molecule has 1 N–H and O–H groups in total. The van der Waals surface area contributed by atoms with Crippen molar-refractivity contribution in [3.63, 3.8) is 0 Å². The number of hydrogen-bond donors (Lipinski definition) is 1. The summed E-state index contributed by atoms with van der Waals surface area (Å²) in [6, 6.07) is 14.2. The van der Waals surface area contributed by atoms with Gasteiger partial charge in [0.2, 0.25) is 0 Å². The molecule has 0 radical (unpaired) electrons. The lowest BCUT2D eigenvalue weighted by atomic mass is 9.96. The third-order valence-electron chi connectivity index (χ3n) is 7.64. The molecule has 40 heavy (non-hydrogen) atoms. The number of rotatable bonds is 11. The fraction of sp³-hybridized carbons (Fsp3) is 0.387. The molecule has 5 rings (SSSR count). The molecule has 1 aliphatic rings. The SMILES string of the molecule is COCCn1ccc(-c2cc(-c3cnn(C)c3)cc([C@@H](C)NC(=O)c3cc(OC[C@@H]4CCN4C)ccc3C)c2)n1. The lowest BCUT2D eigenvalue weighted by Gasteiger charge is -2.37. The maximum atomic E-state index is 13.5. The van der Waals surface area contributed by atoms with Crippen molar-refractivity contribution in [1.82, 2.24) is 29.8 Å². The van der Waals surface area contributed by atoms with E-state index in [1.165, 1.54) is 0 Å². The first-order valence-electron chi connectivity index (χ1n) is 13.7. The van der Waals surface area contributed by atoms with Crippen LogP contribution in [-0.2, 0) is 18.3 Å². The van der Waals surface area contributed by atoms with E-state index < -0.39 is 0 Å². The van der Waals surface area contributed by atoms with Crippen LogP contribution in [0, 0.1) is 6.92 Å². The maximum absolute atomic E-state index is 13.5. The van der Waals surface area contributed by atoms with Gasteiger partial charge in [0.05, 0.1) is 31.1 Å². The Morgan fingerprint density at radius 1 is 1.12 bits per heavy atom. The van der Waals surface area contributed by atoms with E-state index in [2.05, 4.69) is 40.6 Å². The first-order chi connectivity index (χ1) is 19.3. The van der Waals surface area contributed by atoms with E-state index in [9.17, 15) is 4.79 Å². The number of likely N-dealkylation sites (N-methyl/N-ethyl adjacent to an activating group) is 1. The van der Waals surface area contributed by atoms with E-state index in [0.29, 0.717) is 37.1 Å². The van der Waals surface area contributed by atoms with Gasteiger partial charge in [-0.05, 0) is 86.9 Å². The van der Waals surface area contributed by atoms with E-state index in [0.717, 1.165) is 46.5 Å². The second-order valence-electron chi connectivity index (χ2n) is 10.6. The summed E-state index contributed by atoms with van der Waals surface area (Å²) in [6.45, 7) is 6.95. The summed E-state index contributed by atoms with van der Waals surface area (Å²) in [7, 11) is 5.69. The summed E-state index contributed by atoms with van der Waals surface area (Å²) >= 11 is 0. The highest BCUT2D eigenvalue weighted by Gasteiger charge is 2.24. The monoisotopic (exact) mass is 542 g/mol. The third kappa shape index (κ3) is 6.26. The van der Waals surface area contributed by atoms with Crippen molar-refractivity contribution in [3.05, 3.63) is 77.7 Å². The highest BCUT2D eigenvalue weighted by Crippen LogP contribution is 2.30. The molecule has 9 heteroatoms. The summed E-state index contributed by atoms with van der Waals surface area (Å²) in [5, 5.41) is 12.3. The van der Waals surface area contributed by atoms with Crippen molar-refractivity contribution in [2.75, 3.05) is 33.9 Å². The highest BCUT2D eigenvalue weighted by atomic mass is 16.5. The Labute approximate surface area is 235 Å². The number of methoxy groups -OCH3 is 1. The van der Waals surface area contributed by atoms with Crippen LogP contribution in [0.1, 0.15) is 40.9 Å². The summed E-state index contributed by atoms with van der Waals surface area (Å²) in [6.07, 6.45) is 6.93.